The van der Waals surface area contributed by atoms with Gasteiger partial charge < -0.3 is 14.6 Å². The number of aromatic amines is 1. The van der Waals surface area contributed by atoms with Gasteiger partial charge in [-0.3, -0.25) is 4.98 Å². The third kappa shape index (κ3) is 3.25. The minimum atomic E-state index is -1.41. The van der Waals surface area contributed by atoms with Crippen LogP contribution in [0.1, 0.15) is 60.1 Å². The van der Waals surface area contributed by atoms with E-state index < -0.39 is 5.60 Å². The molecular weight excluding hydrogens is 412 g/mol. The highest BCUT2D eigenvalue weighted by Gasteiger charge is 2.40. The number of hydrogen-bond donors (Lipinski definition) is 2. The Morgan fingerprint density at radius 3 is 2.73 bits per heavy atom. The molecule has 0 bridgehead atoms. The molecule has 4 aromatic rings. The van der Waals surface area contributed by atoms with Gasteiger partial charge in [-0.1, -0.05) is 29.5 Å². The molecular formula is C27H26N4O2. The zero-order valence-corrected chi connectivity index (χ0v) is 18.8. The fraction of sp³-hybridized carbons (Fsp3) is 0.296. The van der Waals surface area contributed by atoms with E-state index in [0.717, 1.165) is 76.3 Å². The van der Waals surface area contributed by atoms with Crippen molar-refractivity contribution < 1.29 is 9.63 Å². The lowest BCUT2D eigenvalue weighted by Crippen LogP contribution is -2.32. The number of imidazole rings is 1. The first kappa shape index (κ1) is 20.1. The third-order valence-electron chi connectivity index (χ3n) is 6.79. The summed E-state index contributed by atoms with van der Waals surface area (Å²) in [6.45, 7) is 3.86. The number of pyridine rings is 1. The zero-order chi connectivity index (χ0) is 22.6. The van der Waals surface area contributed by atoms with E-state index in [9.17, 15) is 5.11 Å². The Kier molecular flexibility index (Phi) is 4.59. The van der Waals surface area contributed by atoms with Crippen LogP contribution in [0.4, 0.5) is 0 Å². The Hall–Kier alpha value is -3.51. The number of rotatable bonds is 5. The van der Waals surface area contributed by atoms with Crippen LogP contribution in [-0.2, 0) is 5.60 Å². The Labute approximate surface area is 192 Å². The molecule has 6 heteroatoms. The van der Waals surface area contributed by atoms with Crippen molar-refractivity contribution in [2.45, 2.75) is 51.0 Å². The van der Waals surface area contributed by atoms with Crippen LogP contribution in [0.2, 0.25) is 0 Å². The van der Waals surface area contributed by atoms with E-state index in [1.807, 2.05) is 50.3 Å². The van der Waals surface area contributed by atoms with Crippen molar-refractivity contribution in [3.05, 3.63) is 88.9 Å². The predicted octanol–water partition coefficient (Wildman–Crippen LogP) is 5.62. The monoisotopic (exact) mass is 438 g/mol. The molecule has 3 aromatic heterocycles. The molecule has 33 heavy (non-hydrogen) atoms. The van der Waals surface area contributed by atoms with Crippen LogP contribution in [0, 0.1) is 13.8 Å². The van der Waals surface area contributed by atoms with Gasteiger partial charge in [-0.05, 0) is 74.9 Å². The molecule has 2 aliphatic rings. The van der Waals surface area contributed by atoms with E-state index in [4.69, 9.17) is 9.51 Å². The summed E-state index contributed by atoms with van der Waals surface area (Å²) >= 11 is 0. The first-order chi connectivity index (χ1) is 16.1. The van der Waals surface area contributed by atoms with Crippen molar-refractivity contribution in [3.8, 4) is 11.1 Å². The van der Waals surface area contributed by atoms with Crippen molar-refractivity contribution in [1.29, 1.82) is 0 Å². The highest BCUT2D eigenvalue weighted by atomic mass is 16.5. The zero-order valence-electron chi connectivity index (χ0n) is 18.8. The molecule has 0 aliphatic heterocycles. The predicted molar refractivity (Wildman–Crippen MR) is 127 cm³/mol. The number of nitrogens with zero attached hydrogens (tertiary/aromatic N) is 3. The SMILES string of the molecule is Cc1noc(C)c1-c1cc(C(O)(C2=CC=CCC2)c2ccccn2)c2nc(C3CC3)[nH]c2c1. The summed E-state index contributed by atoms with van der Waals surface area (Å²) in [4.78, 5) is 13.1. The van der Waals surface area contributed by atoms with Crippen molar-refractivity contribution in [3.63, 3.8) is 0 Å². The Balaban J connectivity index is 1.68. The first-order valence-electron chi connectivity index (χ1n) is 11.5. The van der Waals surface area contributed by atoms with Crippen LogP contribution in [-0.4, -0.2) is 25.2 Å². The average Bonchev–Trinajstić information content (AvgIpc) is 3.53. The molecule has 6 nitrogen and oxygen atoms in total. The summed E-state index contributed by atoms with van der Waals surface area (Å²) in [7, 11) is 0. The van der Waals surface area contributed by atoms with Crippen LogP contribution >= 0.6 is 0 Å². The quantitative estimate of drug-likeness (QED) is 0.422. The molecule has 0 saturated heterocycles. The normalized spacial score (nSPS) is 17.8. The molecule has 1 saturated carbocycles. The maximum Gasteiger partial charge on any atom is 0.155 e. The number of benzene rings is 1. The van der Waals surface area contributed by atoms with Crippen LogP contribution in [0.5, 0.6) is 0 Å². The van der Waals surface area contributed by atoms with E-state index >= 15 is 0 Å². The molecule has 2 aliphatic carbocycles. The summed E-state index contributed by atoms with van der Waals surface area (Å²) in [6, 6.07) is 9.82. The summed E-state index contributed by atoms with van der Waals surface area (Å²) in [6.07, 6.45) is 11.8. The Morgan fingerprint density at radius 2 is 2.06 bits per heavy atom. The molecule has 1 aromatic carbocycles. The highest BCUT2D eigenvalue weighted by Crippen LogP contribution is 2.45. The summed E-state index contributed by atoms with van der Waals surface area (Å²) in [5, 5.41) is 16.7. The van der Waals surface area contributed by atoms with Crippen molar-refractivity contribution in [2.75, 3.05) is 0 Å². The van der Waals surface area contributed by atoms with E-state index in [2.05, 4.69) is 27.3 Å². The van der Waals surface area contributed by atoms with Gasteiger partial charge in [0.15, 0.2) is 5.60 Å². The second kappa shape index (κ2) is 7.52. The molecule has 1 unspecified atom stereocenters. The fourth-order valence-electron chi connectivity index (χ4n) is 4.96. The second-order valence-electron chi connectivity index (χ2n) is 9.10. The van der Waals surface area contributed by atoms with Crippen LogP contribution in [0.25, 0.3) is 22.2 Å². The molecule has 2 N–H and O–H groups in total. The van der Waals surface area contributed by atoms with Crippen LogP contribution in [0.3, 0.4) is 0 Å². The molecule has 166 valence electrons. The molecule has 1 fully saturated rings. The van der Waals surface area contributed by atoms with Gasteiger partial charge in [-0.25, -0.2) is 4.98 Å². The lowest BCUT2D eigenvalue weighted by molar-refractivity contribution is 0.113. The largest absolute Gasteiger partial charge is 0.375 e. The average molecular weight is 439 g/mol. The molecule has 0 amide bonds. The van der Waals surface area contributed by atoms with Gasteiger partial charge in [0.05, 0.1) is 22.4 Å². The number of aromatic nitrogens is 4. The van der Waals surface area contributed by atoms with Crippen molar-refractivity contribution in [2.24, 2.45) is 0 Å². The summed E-state index contributed by atoms with van der Waals surface area (Å²) < 4.78 is 5.47. The molecule has 0 radical (unpaired) electrons. The van der Waals surface area contributed by atoms with Gasteiger partial charge in [-0.2, -0.15) is 0 Å². The number of H-pyrrole nitrogens is 1. The maximum absolute atomic E-state index is 12.5. The Morgan fingerprint density at radius 1 is 1.18 bits per heavy atom. The smallest absolute Gasteiger partial charge is 0.155 e. The second-order valence-corrected chi connectivity index (χ2v) is 9.10. The standard InChI is InChI=1S/C27H26N4O2/c1-16-24(17(2)33-31-16)19-14-21(25-22(15-19)29-26(30-25)18-11-12-18)27(32,20-8-4-3-5-9-20)23-10-6-7-13-28-23/h3-4,6-8,10,13-15,18,32H,5,9,11-12H2,1-2H3,(H,29,30). The topological polar surface area (TPSA) is 87.8 Å². The molecule has 6 rings (SSSR count). The number of allylic oxidation sites excluding steroid dienone is 3. The van der Waals surface area contributed by atoms with Crippen LogP contribution in [0.15, 0.2) is 64.9 Å². The van der Waals surface area contributed by atoms with E-state index in [1.54, 1.807) is 6.20 Å². The molecule has 1 atom stereocenters. The minimum absolute atomic E-state index is 0.465. The Bertz CT molecular complexity index is 1390. The van der Waals surface area contributed by atoms with Crippen molar-refractivity contribution >= 4 is 11.0 Å². The fourth-order valence-corrected chi connectivity index (χ4v) is 4.96. The summed E-state index contributed by atoms with van der Waals surface area (Å²) in [5.74, 6) is 2.21. The van der Waals surface area contributed by atoms with Crippen molar-refractivity contribution in [1.82, 2.24) is 20.1 Å². The maximum atomic E-state index is 12.5. The van der Waals surface area contributed by atoms with E-state index in [0.29, 0.717) is 11.6 Å². The third-order valence-corrected chi connectivity index (χ3v) is 6.79. The number of hydrogen-bond acceptors (Lipinski definition) is 5. The lowest BCUT2D eigenvalue weighted by Gasteiger charge is -2.32. The highest BCUT2D eigenvalue weighted by molar-refractivity contribution is 5.88. The van der Waals surface area contributed by atoms with Gasteiger partial charge in [0.2, 0.25) is 0 Å². The molecule has 3 heterocycles. The van der Waals surface area contributed by atoms with Gasteiger partial charge >= 0.3 is 0 Å². The number of fused-ring (bicyclic) bond motifs is 1. The number of aliphatic hydroxyl groups is 1. The molecule has 0 spiro atoms. The van der Waals surface area contributed by atoms with Gasteiger partial charge in [0.1, 0.15) is 11.6 Å². The van der Waals surface area contributed by atoms with Gasteiger partial charge in [0, 0.05) is 23.2 Å². The first-order valence-corrected chi connectivity index (χ1v) is 11.5. The number of nitrogens with one attached hydrogen (secondary N) is 1. The summed E-state index contributed by atoms with van der Waals surface area (Å²) in [5.41, 5.74) is 5.25. The van der Waals surface area contributed by atoms with Crippen LogP contribution < -0.4 is 0 Å². The number of aryl methyl sites for hydroxylation is 2. The van der Waals surface area contributed by atoms with Gasteiger partial charge in [0.25, 0.3) is 0 Å². The van der Waals surface area contributed by atoms with E-state index in [1.165, 1.54) is 0 Å². The van der Waals surface area contributed by atoms with E-state index in [-0.39, 0.29) is 0 Å². The van der Waals surface area contributed by atoms with Gasteiger partial charge in [-0.15, -0.1) is 0 Å². The lowest BCUT2D eigenvalue weighted by atomic mass is 9.78. The minimum Gasteiger partial charge on any atom is -0.375 e.